The van der Waals surface area contributed by atoms with Crippen molar-refractivity contribution >= 4 is 38.9 Å². The zero-order chi connectivity index (χ0) is 15.2. The number of hydrogen-bond donors (Lipinski definition) is 4. The van der Waals surface area contributed by atoms with Crippen LogP contribution in [-0.2, 0) is 4.12 Å². The maximum absolute atomic E-state index is 10.7. The Hall–Kier alpha value is 0.884. The Balaban J connectivity index is 6.10. The molecule has 10 heteroatoms. The molecule has 0 bridgehead atoms. The molecule has 4 N–H and O–H groups in total. The second-order valence-corrected chi connectivity index (χ2v) is 43.2. The molecule has 18 heavy (non-hydrogen) atoms. The van der Waals surface area contributed by atoms with Crippen LogP contribution in [0.15, 0.2) is 0 Å². The Kier molecular flexibility index (Phi) is 5.26. The van der Waals surface area contributed by atoms with Crippen LogP contribution in [0.25, 0.3) is 0 Å². The van der Waals surface area contributed by atoms with Crippen molar-refractivity contribution in [3.63, 3.8) is 0 Å². The third-order valence-corrected chi connectivity index (χ3v) is 62.7. The van der Waals surface area contributed by atoms with Crippen LogP contribution in [0.5, 0.6) is 0 Å². The van der Waals surface area contributed by atoms with Gasteiger partial charge in [-0.1, -0.05) is 0 Å². The van der Waals surface area contributed by atoms with Gasteiger partial charge < -0.3 is 23.3 Å². The number of hydrogen-bond acceptors (Lipinski definition) is 5. The molecule has 0 fully saturated rings. The van der Waals surface area contributed by atoms with Crippen LogP contribution in [0.2, 0.25) is 52.4 Å². The van der Waals surface area contributed by atoms with Gasteiger partial charge in [-0.25, -0.2) is 0 Å². The van der Waals surface area contributed by atoms with Crippen molar-refractivity contribution in [3.8, 4) is 0 Å². The monoisotopic (exact) mass is 344 g/mol. The van der Waals surface area contributed by atoms with E-state index in [9.17, 15) is 19.2 Å². The summed E-state index contributed by atoms with van der Waals surface area (Å²) >= 11 is 0. The molecule has 0 spiro atoms. The van der Waals surface area contributed by atoms with Crippen molar-refractivity contribution in [1.29, 1.82) is 0 Å². The molecule has 0 rings (SSSR count). The van der Waals surface area contributed by atoms with Crippen molar-refractivity contribution < 1.29 is 23.3 Å². The summed E-state index contributed by atoms with van der Waals surface area (Å²) in [7, 11) is -11.6. The molecular weight excluding hydrogens is 317 g/mol. The van der Waals surface area contributed by atoms with Crippen LogP contribution in [0.4, 0.5) is 0 Å². The Morgan fingerprint density at radius 3 is 0.833 bits per heavy atom. The maximum Gasteiger partial charge on any atom is 0.318 e. The van der Waals surface area contributed by atoms with Gasteiger partial charge >= 0.3 is 8.56 Å². The molecule has 0 aliphatic carbocycles. The van der Waals surface area contributed by atoms with E-state index in [-0.39, 0.29) is 0 Å². The van der Waals surface area contributed by atoms with Crippen molar-refractivity contribution in [2.45, 2.75) is 52.4 Å². The van der Waals surface area contributed by atoms with E-state index < -0.39 is 38.9 Å². The van der Waals surface area contributed by atoms with Crippen LogP contribution in [-0.4, -0.2) is 58.1 Å². The molecule has 0 radical (unpaired) electrons. The first-order valence-electron chi connectivity index (χ1n) is 6.05. The van der Waals surface area contributed by atoms with Crippen LogP contribution in [0, 0.1) is 0 Å². The molecule has 0 saturated heterocycles. The molecular formula is C8H28O5Si5. The summed E-state index contributed by atoms with van der Waals surface area (Å²) in [6, 6.07) is 0. The van der Waals surface area contributed by atoms with E-state index in [0.29, 0.717) is 0 Å². The minimum absolute atomic E-state index is 1.62. The van der Waals surface area contributed by atoms with E-state index in [1.165, 1.54) is 0 Å². The summed E-state index contributed by atoms with van der Waals surface area (Å²) in [6.45, 7) is 10.4. The summed E-state index contributed by atoms with van der Waals surface area (Å²) in [6.07, 6.45) is 0. The van der Waals surface area contributed by atoms with Gasteiger partial charge in [0, 0.05) is 0 Å². The summed E-state index contributed by atoms with van der Waals surface area (Å²) in [5.41, 5.74) is 0. The lowest BCUT2D eigenvalue weighted by Gasteiger charge is -2.53. The topological polar surface area (TPSA) is 90.2 Å². The summed E-state index contributed by atoms with van der Waals surface area (Å²) < 4.78 is 5.99. The molecule has 110 valence electrons. The summed E-state index contributed by atoms with van der Waals surface area (Å²) in [5, 5.41) is 0. The average Bonchev–Trinajstić information content (AvgIpc) is 1.90. The summed E-state index contributed by atoms with van der Waals surface area (Å²) in [5.74, 6) is 0. The van der Waals surface area contributed by atoms with E-state index in [1.54, 1.807) is 52.4 Å². The predicted molar refractivity (Wildman–Crippen MR) is 85.6 cm³/mol. The first-order chi connectivity index (χ1) is 7.46. The van der Waals surface area contributed by atoms with Gasteiger partial charge in [-0.05, 0) is 52.4 Å². The lowest BCUT2D eigenvalue weighted by molar-refractivity contribution is 0.386. The van der Waals surface area contributed by atoms with Gasteiger partial charge in [-0.2, -0.15) is 0 Å². The van der Waals surface area contributed by atoms with Crippen LogP contribution < -0.4 is 0 Å². The van der Waals surface area contributed by atoms with Gasteiger partial charge in [0.25, 0.3) is 0 Å². The van der Waals surface area contributed by atoms with E-state index in [1.807, 2.05) is 0 Å². The second-order valence-electron chi connectivity index (χ2n) is 6.91. The van der Waals surface area contributed by atoms with E-state index in [2.05, 4.69) is 0 Å². The highest BCUT2D eigenvalue weighted by Crippen LogP contribution is 2.35. The molecule has 0 unspecified atom stereocenters. The van der Waals surface area contributed by atoms with Crippen LogP contribution in [0.3, 0.4) is 0 Å². The SMILES string of the molecule is C[Si](C)(O)O[Si]([Si](C)(C)O)([Si](C)(C)O)[Si](C)(C)O. The van der Waals surface area contributed by atoms with Gasteiger partial charge in [0.15, 0.2) is 23.5 Å². The molecule has 0 aromatic rings. The van der Waals surface area contributed by atoms with Gasteiger partial charge in [0.1, 0.15) is 0 Å². The molecule has 0 aliphatic rings. The average molecular weight is 345 g/mol. The Labute approximate surface area is 115 Å². The van der Waals surface area contributed by atoms with Gasteiger partial charge in [-0.3, -0.25) is 0 Å². The van der Waals surface area contributed by atoms with Crippen molar-refractivity contribution in [1.82, 2.24) is 0 Å². The van der Waals surface area contributed by atoms with Gasteiger partial charge in [0.2, 0.25) is 6.87 Å². The standard InChI is InChI=1S/C8H28O5Si5/c1-14(2,9)13-18(15(3,4)10,16(5,6)11)17(7,8)12/h9-12H,1-8H3. The van der Waals surface area contributed by atoms with E-state index in [4.69, 9.17) is 4.12 Å². The highest BCUT2D eigenvalue weighted by Gasteiger charge is 2.71. The normalized spacial score (nSPS) is 16.0. The zero-order valence-electron chi connectivity index (χ0n) is 12.7. The fourth-order valence-electron chi connectivity index (χ4n) is 3.00. The fraction of sp³-hybridized carbons (Fsp3) is 1.00. The molecule has 0 aliphatic heterocycles. The molecule has 5 nitrogen and oxygen atoms in total. The molecule has 0 aromatic carbocycles. The highest BCUT2D eigenvalue weighted by molar-refractivity contribution is 7.85. The molecule has 0 atom stereocenters. The number of rotatable bonds is 5. The smallest absolute Gasteiger partial charge is 0.318 e. The minimum atomic E-state index is -3.14. The largest absolute Gasteiger partial charge is 0.436 e. The Bertz CT molecular complexity index is 259. The first kappa shape index (κ1) is 18.9. The third-order valence-electron chi connectivity index (χ3n) is 2.99. The van der Waals surface area contributed by atoms with E-state index in [0.717, 1.165) is 0 Å². The zero-order valence-corrected chi connectivity index (χ0v) is 17.7. The third kappa shape index (κ3) is 3.71. The highest BCUT2D eigenvalue weighted by atomic mass is 30.0. The molecule has 0 saturated carbocycles. The van der Waals surface area contributed by atoms with Gasteiger partial charge in [0.05, 0.1) is 0 Å². The summed E-state index contributed by atoms with van der Waals surface area (Å²) in [4.78, 5) is 42.2. The second kappa shape index (κ2) is 5.02. The Morgan fingerprint density at radius 2 is 0.778 bits per heavy atom. The lowest BCUT2D eigenvalue weighted by Crippen LogP contribution is -2.88. The maximum atomic E-state index is 10.7. The van der Waals surface area contributed by atoms with Crippen molar-refractivity contribution in [3.05, 3.63) is 0 Å². The van der Waals surface area contributed by atoms with Crippen LogP contribution >= 0.6 is 0 Å². The predicted octanol–water partition coefficient (Wildman–Crippen LogP) is 0.470. The molecule has 0 heterocycles. The molecule has 0 amide bonds. The van der Waals surface area contributed by atoms with E-state index >= 15 is 0 Å². The quantitative estimate of drug-likeness (QED) is 0.544. The molecule has 0 aromatic heterocycles. The van der Waals surface area contributed by atoms with Crippen LogP contribution in [0.1, 0.15) is 0 Å². The fourth-order valence-corrected chi connectivity index (χ4v) is 80.9. The van der Waals surface area contributed by atoms with Gasteiger partial charge in [-0.15, -0.1) is 0 Å². The van der Waals surface area contributed by atoms with Crippen molar-refractivity contribution in [2.24, 2.45) is 0 Å². The first-order valence-corrected chi connectivity index (χ1v) is 22.7. The minimum Gasteiger partial charge on any atom is -0.436 e. The lowest BCUT2D eigenvalue weighted by atomic mass is 11.9. The Morgan fingerprint density at radius 1 is 0.556 bits per heavy atom. The van der Waals surface area contributed by atoms with Crippen molar-refractivity contribution in [2.75, 3.05) is 0 Å².